The van der Waals surface area contributed by atoms with Crippen LogP contribution in [0.5, 0.6) is 0 Å². The average Bonchev–Trinajstić information content (AvgIpc) is 3.30. The number of nitrogens with one attached hydrogen (secondary N) is 1. The molecule has 6 nitrogen and oxygen atoms in total. The molecule has 4 rings (SSSR count). The molecule has 2 aromatic rings. The van der Waals surface area contributed by atoms with Crippen molar-refractivity contribution in [1.82, 2.24) is 25.0 Å². The summed E-state index contributed by atoms with van der Waals surface area (Å²) in [4.78, 5) is 7.48. The molecule has 1 saturated heterocycles. The van der Waals surface area contributed by atoms with Crippen LogP contribution in [0.15, 0.2) is 35.3 Å². The molecule has 156 valence electrons. The van der Waals surface area contributed by atoms with E-state index in [-0.39, 0.29) is 6.04 Å². The number of aryl methyl sites for hydroxylation is 1. The lowest BCUT2D eigenvalue weighted by Crippen LogP contribution is -2.42. The lowest BCUT2D eigenvalue weighted by Gasteiger charge is -2.34. The van der Waals surface area contributed by atoms with Gasteiger partial charge in [-0.05, 0) is 44.1 Å². The fraction of sp³-hybridized carbons (Fsp3) is 0.609. The van der Waals surface area contributed by atoms with Gasteiger partial charge in [-0.1, -0.05) is 49.6 Å². The monoisotopic (exact) mass is 394 g/mol. The Morgan fingerprint density at radius 3 is 2.59 bits per heavy atom. The molecule has 1 aromatic heterocycles. The van der Waals surface area contributed by atoms with Crippen LogP contribution in [0.2, 0.25) is 0 Å². The first-order chi connectivity index (χ1) is 14.1. The number of benzene rings is 1. The van der Waals surface area contributed by atoms with Gasteiger partial charge in [-0.2, -0.15) is 0 Å². The van der Waals surface area contributed by atoms with E-state index in [2.05, 4.69) is 57.7 Å². The molecule has 1 unspecified atom stereocenters. The minimum absolute atomic E-state index is 0.207. The Labute approximate surface area is 174 Å². The van der Waals surface area contributed by atoms with Crippen molar-refractivity contribution in [3.8, 4) is 0 Å². The first-order valence-corrected chi connectivity index (χ1v) is 11.0. The molecule has 1 saturated carbocycles. The molecular formula is C23H34N6. The average molecular weight is 395 g/mol. The molecule has 1 atom stereocenters. The summed E-state index contributed by atoms with van der Waals surface area (Å²) in [6, 6.07) is 10.8. The summed E-state index contributed by atoms with van der Waals surface area (Å²) < 4.78 is 2.02. The molecular weight excluding hydrogens is 360 g/mol. The maximum atomic E-state index is 5.00. The van der Waals surface area contributed by atoms with Crippen molar-refractivity contribution in [3.05, 3.63) is 47.5 Å². The van der Waals surface area contributed by atoms with Crippen LogP contribution in [-0.2, 0) is 13.6 Å². The third-order valence-electron chi connectivity index (χ3n) is 6.85. The number of rotatable bonds is 4. The topological polar surface area (TPSA) is 58.3 Å². The smallest absolute Gasteiger partial charge is 0.194 e. The Morgan fingerprint density at radius 1 is 1.14 bits per heavy atom. The molecule has 1 aliphatic carbocycles. The van der Waals surface area contributed by atoms with Crippen molar-refractivity contribution in [2.24, 2.45) is 17.5 Å². The largest absolute Gasteiger partial charge is 0.350 e. The van der Waals surface area contributed by atoms with E-state index in [4.69, 9.17) is 4.99 Å². The van der Waals surface area contributed by atoms with Crippen LogP contribution in [0.25, 0.3) is 0 Å². The summed E-state index contributed by atoms with van der Waals surface area (Å²) in [7, 11) is 2.01. The third-order valence-corrected chi connectivity index (χ3v) is 6.85. The number of hydrogen-bond donors (Lipinski definition) is 1. The van der Waals surface area contributed by atoms with Gasteiger partial charge in [-0.25, -0.2) is 4.99 Å². The number of aliphatic imine (C=N–C) groups is 1. The molecule has 29 heavy (non-hydrogen) atoms. The van der Waals surface area contributed by atoms with E-state index in [1.54, 1.807) is 0 Å². The zero-order valence-electron chi connectivity index (χ0n) is 18.1. The Hall–Kier alpha value is -2.37. The molecule has 1 aromatic carbocycles. The van der Waals surface area contributed by atoms with E-state index in [1.165, 1.54) is 44.1 Å². The van der Waals surface area contributed by atoms with Gasteiger partial charge < -0.3 is 14.8 Å². The van der Waals surface area contributed by atoms with Gasteiger partial charge in [-0.15, -0.1) is 10.2 Å². The Balaban J connectivity index is 1.53. The van der Waals surface area contributed by atoms with Gasteiger partial charge in [0.15, 0.2) is 11.8 Å². The molecule has 1 N–H and O–H groups in total. The number of likely N-dealkylation sites (tertiary alicyclic amines) is 1. The van der Waals surface area contributed by atoms with Crippen molar-refractivity contribution >= 4 is 5.96 Å². The second kappa shape index (κ2) is 8.56. The first kappa shape index (κ1) is 19.9. The predicted octanol–water partition coefficient (Wildman–Crippen LogP) is 3.99. The molecule has 6 heteroatoms. The molecule has 0 bridgehead atoms. The van der Waals surface area contributed by atoms with E-state index < -0.39 is 0 Å². The van der Waals surface area contributed by atoms with Gasteiger partial charge in [0.25, 0.3) is 0 Å². The number of aromatic nitrogens is 3. The van der Waals surface area contributed by atoms with Gasteiger partial charge in [0.2, 0.25) is 0 Å². The lowest BCUT2D eigenvalue weighted by atomic mass is 9.73. The van der Waals surface area contributed by atoms with Crippen molar-refractivity contribution in [1.29, 1.82) is 0 Å². The highest BCUT2D eigenvalue weighted by molar-refractivity contribution is 5.80. The van der Waals surface area contributed by atoms with Crippen molar-refractivity contribution in [2.75, 3.05) is 13.1 Å². The summed E-state index contributed by atoms with van der Waals surface area (Å²) >= 11 is 0. The van der Waals surface area contributed by atoms with E-state index in [0.717, 1.165) is 30.7 Å². The highest BCUT2D eigenvalue weighted by Crippen LogP contribution is 2.43. The maximum absolute atomic E-state index is 5.00. The molecule has 0 radical (unpaired) electrons. The van der Waals surface area contributed by atoms with E-state index in [9.17, 15) is 0 Å². The number of hydrogen-bond acceptors (Lipinski definition) is 3. The Morgan fingerprint density at radius 2 is 1.90 bits per heavy atom. The maximum Gasteiger partial charge on any atom is 0.194 e. The summed E-state index contributed by atoms with van der Waals surface area (Å²) in [6.45, 7) is 6.95. The fourth-order valence-corrected chi connectivity index (χ4v) is 4.82. The summed E-state index contributed by atoms with van der Waals surface area (Å²) in [5.41, 5.74) is 1.78. The second-order valence-electron chi connectivity index (χ2n) is 8.87. The number of guanidine groups is 1. The normalized spacial score (nSPS) is 20.2. The zero-order chi connectivity index (χ0) is 20.3. The predicted molar refractivity (Wildman–Crippen MR) is 117 cm³/mol. The van der Waals surface area contributed by atoms with Crippen LogP contribution >= 0.6 is 0 Å². The minimum atomic E-state index is 0.207. The third kappa shape index (κ3) is 4.46. The van der Waals surface area contributed by atoms with Crippen LogP contribution in [0.4, 0.5) is 0 Å². The summed E-state index contributed by atoms with van der Waals surface area (Å²) in [5.74, 6) is 2.83. The highest BCUT2D eigenvalue weighted by Gasteiger charge is 2.40. The molecule has 2 aliphatic rings. The van der Waals surface area contributed by atoms with E-state index in [0.29, 0.717) is 12.0 Å². The highest BCUT2D eigenvalue weighted by atomic mass is 15.3. The molecule has 0 amide bonds. The standard InChI is InChI=1S/C23H34N6/c1-18(20-10-6-4-7-11-20)25-22(24-16-21-27-26-19(2)28(21)3)29-15-14-23(17-29)12-8-5-9-13-23/h4,6-7,10-11,18H,5,8-9,12-17H2,1-3H3,(H,24,25). The molecule has 2 heterocycles. The Bertz CT molecular complexity index is 834. The Kier molecular flexibility index (Phi) is 5.88. The quantitative estimate of drug-likeness (QED) is 0.629. The zero-order valence-corrected chi connectivity index (χ0v) is 18.1. The van der Waals surface area contributed by atoms with Gasteiger partial charge in [0, 0.05) is 20.1 Å². The molecule has 1 aliphatic heterocycles. The fourth-order valence-electron chi connectivity index (χ4n) is 4.82. The van der Waals surface area contributed by atoms with Gasteiger partial charge >= 0.3 is 0 Å². The second-order valence-corrected chi connectivity index (χ2v) is 8.87. The van der Waals surface area contributed by atoms with Crippen LogP contribution in [0, 0.1) is 12.3 Å². The van der Waals surface area contributed by atoms with Crippen LogP contribution in [0.1, 0.15) is 68.7 Å². The van der Waals surface area contributed by atoms with E-state index in [1.807, 2.05) is 18.5 Å². The van der Waals surface area contributed by atoms with Crippen molar-refractivity contribution < 1.29 is 0 Å². The van der Waals surface area contributed by atoms with Gasteiger partial charge in [0.05, 0.1) is 6.04 Å². The van der Waals surface area contributed by atoms with Gasteiger partial charge in [0.1, 0.15) is 12.4 Å². The van der Waals surface area contributed by atoms with Gasteiger partial charge in [-0.3, -0.25) is 0 Å². The molecule has 2 fully saturated rings. The van der Waals surface area contributed by atoms with Crippen molar-refractivity contribution in [3.63, 3.8) is 0 Å². The minimum Gasteiger partial charge on any atom is -0.350 e. The summed E-state index contributed by atoms with van der Waals surface area (Å²) in [5, 5.41) is 12.2. The van der Waals surface area contributed by atoms with E-state index >= 15 is 0 Å². The lowest BCUT2D eigenvalue weighted by molar-refractivity contribution is 0.203. The molecule has 1 spiro atoms. The number of nitrogens with zero attached hydrogens (tertiary/aromatic N) is 5. The van der Waals surface area contributed by atoms with Crippen molar-refractivity contribution in [2.45, 2.75) is 65.0 Å². The first-order valence-electron chi connectivity index (χ1n) is 11.0. The summed E-state index contributed by atoms with van der Waals surface area (Å²) in [6.07, 6.45) is 8.19. The van der Waals surface area contributed by atoms with Crippen LogP contribution in [-0.4, -0.2) is 38.7 Å². The van der Waals surface area contributed by atoms with Crippen LogP contribution in [0.3, 0.4) is 0 Å². The van der Waals surface area contributed by atoms with Crippen LogP contribution < -0.4 is 5.32 Å². The SMILES string of the molecule is Cc1nnc(CN=C(NC(C)c2ccccc2)N2CCC3(CCCCC3)C2)n1C.